The van der Waals surface area contributed by atoms with Crippen molar-refractivity contribution in [1.29, 1.82) is 5.41 Å². The zero-order chi connectivity index (χ0) is 13.7. The molecule has 0 unspecified atom stereocenters. The first-order chi connectivity index (χ1) is 9.16. The van der Waals surface area contributed by atoms with Gasteiger partial charge in [-0.2, -0.15) is 0 Å². The summed E-state index contributed by atoms with van der Waals surface area (Å²) in [5, 5.41) is 7.41. The zero-order valence-corrected chi connectivity index (χ0v) is 10.8. The molecule has 0 heterocycles. The maximum Gasteiger partial charge on any atom is 0.192 e. The van der Waals surface area contributed by atoms with Gasteiger partial charge in [0.05, 0.1) is 0 Å². The third-order valence-electron chi connectivity index (χ3n) is 2.81. The molecule has 0 radical (unpaired) electrons. The fourth-order valence-corrected chi connectivity index (χ4v) is 1.66. The molecule has 0 aliphatic heterocycles. The number of nitrogens with two attached hydrogens (primary N) is 1. The van der Waals surface area contributed by atoms with E-state index in [0.29, 0.717) is 6.61 Å². The van der Waals surface area contributed by atoms with Crippen molar-refractivity contribution in [3.8, 4) is 5.75 Å². The largest absolute Gasteiger partial charge is 0.489 e. The Hall–Kier alpha value is -2.49. The van der Waals surface area contributed by atoms with E-state index in [9.17, 15) is 0 Å². The molecular weight excluding hydrogens is 238 g/mol. The van der Waals surface area contributed by atoms with Crippen LogP contribution in [-0.4, -0.2) is 13.0 Å². The Morgan fingerprint density at radius 1 is 1.16 bits per heavy atom. The van der Waals surface area contributed by atoms with Crippen LogP contribution in [0.3, 0.4) is 0 Å². The second-order valence-corrected chi connectivity index (χ2v) is 4.22. The highest BCUT2D eigenvalue weighted by Gasteiger charge is 2.04. The lowest BCUT2D eigenvalue weighted by Gasteiger charge is -2.17. The van der Waals surface area contributed by atoms with Gasteiger partial charge in [-0.1, -0.05) is 36.4 Å². The summed E-state index contributed by atoms with van der Waals surface area (Å²) in [6.45, 7) is 0.522. The first-order valence-corrected chi connectivity index (χ1v) is 6.01. The van der Waals surface area contributed by atoms with Gasteiger partial charge in [-0.25, -0.2) is 0 Å². The predicted octanol–water partition coefficient (Wildman–Crippen LogP) is 2.60. The Bertz CT molecular complexity index is 554. The molecule has 0 fully saturated rings. The van der Waals surface area contributed by atoms with Crippen LogP contribution in [0.15, 0.2) is 54.6 Å². The highest BCUT2D eigenvalue weighted by atomic mass is 16.5. The number of guanidine groups is 1. The van der Waals surface area contributed by atoms with Gasteiger partial charge in [0.15, 0.2) is 5.96 Å². The Morgan fingerprint density at radius 2 is 1.89 bits per heavy atom. The van der Waals surface area contributed by atoms with Crippen molar-refractivity contribution >= 4 is 11.6 Å². The number of hydrogen-bond donors (Lipinski definition) is 2. The molecule has 0 amide bonds. The Morgan fingerprint density at radius 3 is 2.58 bits per heavy atom. The molecule has 0 spiro atoms. The van der Waals surface area contributed by atoms with Gasteiger partial charge in [-0.15, -0.1) is 0 Å². The molecule has 2 aromatic carbocycles. The zero-order valence-electron chi connectivity index (χ0n) is 10.8. The van der Waals surface area contributed by atoms with Crippen LogP contribution in [-0.2, 0) is 6.61 Å². The first kappa shape index (κ1) is 13.0. The molecule has 0 saturated heterocycles. The lowest BCUT2D eigenvalue weighted by molar-refractivity contribution is 0.306. The van der Waals surface area contributed by atoms with E-state index in [1.54, 1.807) is 11.9 Å². The Kier molecular flexibility index (Phi) is 4.03. The van der Waals surface area contributed by atoms with Gasteiger partial charge in [0.1, 0.15) is 12.4 Å². The van der Waals surface area contributed by atoms with Crippen molar-refractivity contribution in [2.45, 2.75) is 6.61 Å². The molecule has 4 nitrogen and oxygen atoms in total. The van der Waals surface area contributed by atoms with Gasteiger partial charge in [0, 0.05) is 18.8 Å². The summed E-state index contributed by atoms with van der Waals surface area (Å²) in [6, 6.07) is 17.5. The lowest BCUT2D eigenvalue weighted by Crippen LogP contribution is -2.32. The third kappa shape index (κ3) is 3.48. The molecule has 0 aliphatic carbocycles. The van der Waals surface area contributed by atoms with E-state index in [1.807, 2.05) is 54.6 Å². The number of anilines is 1. The molecule has 4 heteroatoms. The number of hydrogen-bond acceptors (Lipinski definition) is 2. The summed E-state index contributed by atoms with van der Waals surface area (Å²) < 4.78 is 5.72. The van der Waals surface area contributed by atoms with Crippen LogP contribution in [0, 0.1) is 5.41 Å². The second kappa shape index (κ2) is 5.91. The van der Waals surface area contributed by atoms with E-state index in [2.05, 4.69) is 0 Å². The number of benzene rings is 2. The molecule has 2 rings (SSSR count). The normalized spacial score (nSPS) is 9.95. The first-order valence-electron chi connectivity index (χ1n) is 6.01. The van der Waals surface area contributed by atoms with Crippen LogP contribution >= 0.6 is 0 Å². The molecular formula is C15H17N3O. The minimum Gasteiger partial charge on any atom is -0.489 e. The van der Waals surface area contributed by atoms with Gasteiger partial charge in [0.25, 0.3) is 0 Å². The van der Waals surface area contributed by atoms with Gasteiger partial charge >= 0.3 is 0 Å². The van der Waals surface area contributed by atoms with Crippen LogP contribution in [0.2, 0.25) is 0 Å². The molecule has 0 bridgehead atoms. The quantitative estimate of drug-likeness (QED) is 0.652. The van der Waals surface area contributed by atoms with Crippen molar-refractivity contribution in [2.75, 3.05) is 11.9 Å². The van der Waals surface area contributed by atoms with Crippen molar-refractivity contribution in [3.05, 3.63) is 60.2 Å². The van der Waals surface area contributed by atoms with Crippen molar-refractivity contribution in [2.24, 2.45) is 5.73 Å². The molecule has 3 N–H and O–H groups in total. The van der Waals surface area contributed by atoms with Gasteiger partial charge < -0.3 is 15.4 Å². The van der Waals surface area contributed by atoms with E-state index in [4.69, 9.17) is 15.9 Å². The fourth-order valence-electron chi connectivity index (χ4n) is 1.66. The molecule has 19 heavy (non-hydrogen) atoms. The monoisotopic (exact) mass is 255 g/mol. The molecule has 98 valence electrons. The van der Waals surface area contributed by atoms with Gasteiger partial charge in [-0.3, -0.25) is 5.41 Å². The molecule has 0 saturated carbocycles. The fraction of sp³-hybridized carbons (Fsp3) is 0.133. The standard InChI is InChI=1S/C15H17N3O/c1-18(15(16)17)13-8-5-9-14(10-13)19-11-12-6-3-2-4-7-12/h2-10H,11H2,1H3,(H3,16,17). The smallest absolute Gasteiger partial charge is 0.192 e. The highest BCUT2D eigenvalue weighted by Crippen LogP contribution is 2.20. The van der Waals surface area contributed by atoms with E-state index >= 15 is 0 Å². The summed E-state index contributed by atoms with van der Waals surface area (Å²) in [6.07, 6.45) is 0. The maximum absolute atomic E-state index is 7.41. The highest BCUT2D eigenvalue weighted by molar-refractivity contribution is 5.92. The summed E-state index contributed by atoms with van der Waals surface area (Å²) in [7, 11) is 1.75. The molecule has 0 aromatic heterocycles. The summed E-state index contributed by atoms with van der Waals surface area (Å²) in [5.74, 6) is 0.759. The van der Waals surface area contributed by atoms with Crippen LogP contribution in [0.5, 0.6) is 5.75 Å². The van der Waals surface area contributed by atoms with E-state index in [0.717, 1.165) is 17.0 Å². The Labute approximate surface area is 112 Å². The Balaban J connectivity index is 2.05. The predicted molar refractivity (Wildman–Crippen MR) is 77.5 cm³/mol. The van der Waals surface area contributed by atoms with E-state index in [1.165, 1.54) is 0 Å². The van der Waals surface area contributed by atoms with Gasteiger partial charge in [-0.05, 0) is 17.7 Å². The van der Waals surface area contributed by atoms with Crippen LogP contribution < -0.4 is 15.4 Å². The third-order valence-corrected chi connectivity index (χ3v) is 2.81. The van der Waals surface area contributed by atoms with Crippen molar-refractivity contribution in [3.63, 3.8) is 0 Å². The minimum atomic E-state index is 0.000194. The van der Waals surface area contributed by atoms with Crippen LogP contribution in [0.1, 0.15) is 5.56 Å². The number of ether oxygens (including phenoxy) is 1. The molecule has 0 aliphatic rings. The average Bonchev–Trinajstić information content (AvgIpc) is 2.45. The maximum atomic E-state index is 7.41. The lowest BCUT2D eigenvalue weighted by atomic mass is 10.2. The van der Waals surface area contributed by atoms with Crippen LogP contribution in [0.4, 0.5) is 5.69 Å². The summed E-state index contributed by atoms with van der Waals surface area (Å²) in [5.41, 5.74) is 7.40. The van der Waals surface area contributed by atoms with E-state index in [-0.39, 0.29) is 5.96 Å². The molecule has 0 atom stereocenters. The second-order valence-electron chi connectivity index (χ2n) is 4.22. The summed E-state index contributed by atoms with van der Waals surface area (Å²) in [4.78, 5) is 1.59. The topological polar surface area (TPSA) is 62.3 Å². The number of nitrogens with zero attached hydrogens (tertiary/aromatic N) is 1. The SMILES string of the molecule is CN(C(=N)N)c1cccc(OCc2ccccc2)c1. The number of nitrogens with one attached hydrogen (secondary N) is 1. The number of rotatable bonds is 4. The van der Waals surface area contributed by atoms with E-state index < -0.39 is 0 Å². The van der Waals surface area contributed by atoms with Crippen LogP contribution in [0.25, 0.3) is 0 Å². The van der Waals surface area contributed by atoms with Gasteiger partial charge in [0.2, 0.25) is 0 Å². The summed E-state index contributed by atoms with van der Waals surface area (Å²) >= 11 is 0. The average molecular weight is 255 g/mol. The minimum absolute atomic E-state index is 0.000194. The van der Waals surface area contributed by atoms with Crippen molar-refractivity contribution < 1.29 is 4.74 Å². The molecule has 2 aromatic rings. The van der Waals surface area contributed by atoms with Crippen molar-refractivity contribution in [1.82, 2.24) is 0 Å².